The van der Waals surface area contributed by atoms with Crippen LogP contribution in [0, 0.1) is 0 Å². The first kappa shape index (κ1) is 11.3. The molecule has 0 saturated heterocycles. The predicted octanol–water partition coefficient (Wildman–Crippen LogP) is 3.98. The first-order chi connectivity index (χ1) is 7.24. The fourth-order valence-electron chi connectivity index (χ4n) is 2.25. The van der Waals surface area contributed by atoms with Crippen molar-refractivity contribution in [2.75, 3.05) is 6.54 Å². The molecule has 1 aliphatic rings. The Labute approximate surface area is 101 Å². The fourth-order valence-corrected chi connectivity index (χ4v) is 2.82. The standard InChI is InChI=1S/C12H15Cl2N/c1-2-3-11-12-8(6-7-15-11)9(13)4-5-10(12)14/h4-5,11,15H,2-3,6-7H2,1H3. The Kier molecular flexibility index (Phi) is 3.55. The van der Waals surface area contributed by atoms with Crippen LogP contribution in [0.2, 0.25) is 10.0 Å². The minimum absolute atomic E-state index is 0.380. The van der Waals surface area contributed by atoms with E-state index in [1.807, 2.05) is 12.1 Å². The Balaban J connectivity index is 2.45. The summed E-state index contributed by atoms with van der Waals surface area (Å²) in [6.07, 6.45) is 3.25. The number of rotatable bonds is 2. The third kappa shape index (κ3) is 2.15. The minimum Gasteiger partial charge on any atom is -0.310 e. The molecule has 2 rings (SSSR count). The lowest BCUT2D eigenvalue weighted by molar-refractivity contribution is 0.471. The molecule has 0 spiro atoms. The zero-order valence-electron chi connectivity index (χ0n) is 8.82. The first-order valence-electron chi connectivity index (χ1n) is 5.44. The average Bonchev–Trinajstić information content (AvgIpc) is 2.24. The topological polar surface area (TPSA) is 12.0 Å². The van der Waals surface area contributed by atoms with Crippen LogP contribution in [0.15, 0.2) is 12.1 Å². The molecular weight excluding hydrogens is 229 g/mol. The molecule has 82 valence electrons. The highest BCUT2D eigenvalue weighted by atomic mass is 35.5. The van der Waals surface area contributed by atoms with E-state index in [0.29, 0.717) is 6.04 Å². The molecule has 1 aliphatic heterocycles. The lowest BCUT2D eigenvalue weighted by Crippen LogP contribution is -2.30. The Bertz CT molecular complexity index is 363. The quantitative estimate of drug-likeness (QED) is 0.829. The summed E-state index contributed by atoms with van der Waals surface area (Å²) >= 11 is 12.4. The summed E-state index contributed by atoms with van der Waals surface area (Å²) in [4.78, 5) is 0. The van der Waals surface area contributed by atoms with Gasteiger partial charge in [-0.15, -0.1) is 0 Å². The summed E-state index contributed by atoms with van der Waals surface area (Å²) in [6.45, 7) is 3.19. The Morgan fingerprint density at radius 2 is 2.07 bits per heavy atom. The maximum absolute atomic E-state index is 6.25. The van der Waals surface area contributed by atoms with Crippen molar-refractivity contribution >= 4 is 23.2 Å². The molecule has 0 amide bonds. The third-order valence-electron chi connectivity index (χ3n) is 2.94. The van der Waals surface area contributed by atoms with Gasteiger partial charge in [0.25, 0.3) is 0 Å². The summed E-state index contributed by atoms with van der Waals surface area (Å²) in [5, 5.41) is 5.21. The smallest absolute Gasteiger partial charge is 0.0457 e. The van der Waals surface area contributed by atoms with E-state index in [-0.39, 0.29) is 0 Å². The van der Waals surface area contributed by atoms with Gasteiger partial charge in [0.05, 0.1) is 0 Å². The van der Waals surface area contributed by atoms with Gasteiger partial charge in [-0.05, 0) is 42.6 Å². The number of halogens is 2. The highest BCUT2D eigenvalue weighted by Crippen LogP contribution is 2.36. The van der Waals surface area contributed by atoms with Crippen LogP contribution in [-0.4, -0.2) is 6.54 Å². The normalized spacial score (nSPS) is 20.1. The van der Waals surface area contributed by atoms with Gasteiger partial charge in [-0.25, -0.2) is 0 Å². The molecule has 1 unspecified atom stereocenters. The number of hydrogen-bond acceptors (Lipinski definition) is 1. The van der Waals surface area contributed by atoms with E-state index in [4.69, 9.17) is 23.2 Å². The molecule has 1 aromatic carbocycles. The van der Waals surface area contributed by atoms with E-state index >= 15 is 0 Å². The minimum atomic E-state index is 0.380. The molecule has 0 radical (unpaired) electrons. The summed E-state index contributed by atoms with van der Waals surface area (Å²) in [5.74, 6) is 0. The molecule has 0 saturated carbocycles. The summed E-state index contributed by atoms with van der Waals surface area (Å²) in [6, 6.07) is 4.18. The fraction of sp³-hybridized carbons (Fsp3) is 0.500. The van der Waals surface area contributed by atoms with Gasteiger partial charge in [-0.1, -0.05) is 36.5 Å². The third-order valence-corrected chi connectivity index (χ3v) is 3.62. The number of nitrogens with one attached hydrogen (secondary N) is 1. The molecule has 0 fully saturated rings. The lowest BCUT2D eigenvalue weighted by atomic mass is 9.92. The summed E-state index contributed by atoms with van der Waals surface area (Å²) in [7, 11) is 0. The molecular formula is C12H15Cl2N. The Hall–Kier alpha value is -0.240. The van der Waals surface area contributed by atoms with Crippen LogP contribution in [0.1, 0.15) is 36.9 Å². The molecule has 15 heavy (non-hydrogen) atoms. The highest BCUT2D eigenvalue weighted by Gasteiger charge is 2.23. The van der Waals surface area contributed by atoms with Crippen LogP contribution >= 0.6 is 23.2 Å². The number of hydrogen-bond donors (Lipinski definition) is 1. The first-order valence-corrected chi connectivity index (χ1v) is 6.19. The van der Waals surface area contributed by atoms with Crippen LogP contribution in [0.25, 0.3) is 0 Å². The van der Waals surface area contributed by atoms with Crippen LogP contribution in [0.4, 0.5) is 0 Å². The zero-order chi connectivity index (χ0) is 10.8. The van der Waals surface area contributed by atoms with Gasteiger partial charge < -0.3 is 5.32 Å². The number of benzene rings is 1. The number of fused-ring (bicyclic) bond motifs is 1. The summed E-state index contributed by atoms with van der Waals surface area (Å²) in [5.41, 5.74) is 2.46. The molecule has 1 aromatic rings. The Morgan fingerprint density at radius 1 is 1.33 bits per heavy atom. The molecule has 1 heterocycles. The molecule has 0 aromatic heterocycles. The monoisotopic (exact) mass is 243 g/mol. The van der Waals surface area contributed by atoms with Gasteiger partial charge in [0.15, 0.2) is 0 Å². The second-order valence-electron chi connectivity index (χ2n) is 3.97. The van der Waals surface area contributed by atoms with Gasteiger partial charge in [0.1, 0.15) is 0 Å². The van der Waals surface area contributed by atoms with E-state index in [9.17, 15) is 0 Å². The van der Waals surface area contributed by atoms with Crippen molar-refractivity contribution in [3.63, 3.8) is 0 Å². The van der Waals surface area contributed by atoms with Crippen molar-refractivity contribution in [3.8, 4) is 0 Å². The van der Waals surface area contributed by atoms with Gasteiger partial charge in [0, 0.05) is 16.1 Å². The second-order valence-corrected chi connectivity index (χ2v) is 4.78. The van der Waals surface area contributed by atoms with Gasteiger partial charge in [-0.3, -0.25) is 0 Å². The lowest BCUT2D eigenvalue weighted by Gasteiger charge is -2.28. The van der Waals surface area contributed by atoms with Crippen molar-refractivity contribution in [1.29, 1.82) is 0 Å². The van der Waals surface area contributed by atoms with Crippen LogP contribution < -0.4 is 5.32 Å². The maximum atomic E-state index is 6.25. The zero-order valence-corrected chi connectivity index (χ0v) is 10.3. The van der Waals surface area contributed by atoms with Crippen LogP contribution in [0.3, 0.4) is 0 Å². The van der Waals surface area contributed by atoms with Crippen molar-refractivity contribution in [2.45, 2.75) is 32.2 Å². The van der Waals surface area contributed by atoms with Gasteiger partial charge in [0.2, 0.25) is 0 Å². The van der Waals surface area contributed by atoms with E-state index < -0.39 is 0 Å². The van der Waals surface area contributed by atoms with E-state index in [0.717, 1.165) is 35.9 Å². The molecule has 1 N–H and O–H groups in total. The SMILES string of the molecule is CCCC1NCCc2c(Cl)ccc(Cl)c21. The molecule has 0 aliphatic carbocycles. The van der Waals surface area contributed by atoms with E-state index in [2.05, 4.69) is 12.2 Å². The van der Waals surface area contributed by atoms with Crippen molar-refractivity contribution in [3.05, 3.63) is 33.3 Å². The second kappa shape index (κ2) is 4.73. The molecule has 3 heteroatoms. The maximum Gasteiger partial charge on any atom is 0.0457 e. The van der Waals surface area contributed by atoms with Crippen LogP contribution in [-0.2, 0) is 6.42 Å². The largest absolute Gasteiger partial charge is 0.310 e. The molecule has 1 atom stereocenters. The highest BCUT2D eigenvalue weighted by molar-refractivity contribution is 6.34. The molecule has 0 bridgehead atoms. The van der Waals surface area contributed by atoms with Crippen molar-refractivity contribution in [2.24, 2.45) is 0 Å². The predicted molar refractivity (Wildman–Crippen MR) is 65.8 cm³/mol. The van der Waals surface area contributed by atoms with Crippen molar-refractivity contribution in [1.82, 2.24) is 5.32 Å². The summed E-state index contributed by atoms with van der Waals surface area (Å²) < 4.78 is 0. The molecule has 1 nitrogen and oxygen atoms in total. The van der Waals surface area contributed by atoms with E-state index in [1.165, 1.54) is 11.1 Å². The Morgan fingerprint density at radius 3 is 2.80 bits per heavy atom. The van der Waals surface area contributed by atoms with E-state index in [1.54, 1.807) is 0 Å². The van der Waals surface area contributed by atoms with Gasteiger partial charge in [-0.2, -0.15) is 0 Å². The average molecular weight is 244 g/mol. The van der Waals surface area contributed by atoms with Gasteiger partial charge >= 0.3 is 0 Å². The van der Waals surface area contributed by atoms with Crippen molar-refractivity contribution < 1.29 is 0 Å². The van der Waals surface area contributed by atoms with Crippen LogP contribution in [0.5, 0.6) is 0 Å².